The Balaban J connectivity index is 2.24. The zero-order chi connectivity index (χ0) is 18.9. The van der Waals surface area contributed by atoms with E-state index in [1.807, 2.05) is 24.3 Å². The maximum Gasteiger partial charge on any atom is 0.161 e. The van der Waals surface area contributed by atoms with Gasteiger partial charge in [-0.3, -0.25) is 0 Å². The first-order valence-corrected chi connectivity index (χ1v) is 8.72. The zero-order valence-corrected chi connectivity index (χ0v) is 16.0. The average Bonchev–Trinajstić information content (AvgIpc) is 2.69. The molecule has 0 saturated carbocycles. The Morgan fingerprint density at radius 1 is 0.654 bits per heavy atom. The predicted octanol–water partition coefficient (Wildman–Crippen LogP) is 3.43. The molecule has 0 unspecified atom stereocenters. The normalized spacial score (nSPS) is 10.5. The van der Waals surface area contributed by atoms with Gasteiger partial charge in [0.25, 0.3) is 0 Å². The van der Waals surface area contributed by atoms with Gasteiger partial charge in [-0.1, -0.05) is 6.07 Å². The zero-order valence-electron chi connectivity index (χ0n) is 16.0. The van der Waals surface area contributed by atoms with Crippen molar-refractivity contribution < 1.29 is 24.1 Å². The first kappa shape index (κ1) is 19.9. The molecule has 2 aromatic rings. The van der Waals surface area contributed by atoms with E-state index in [-0.39, 0.29) is 6.61 Å². The SMILES string of the molecule is COc1ccc(CCc2cc(OC)c(OC)cc2CCCO)cc1OC. The third-order valence-corrected chi connectivity index (χ3v) is 4.44. The summed E-state index contributed by atoms with van der Waals surface area (Å²) in [5.41, 5.74) is 3.55. The molecule has 0 spiro atoms. The third kappa shape index (κ3) is 4.82. The lowest BCUT2D eigenvalue weighted by Gasteiger charge is -2.15. The summed E-state index contributed by atoms with van der Waals surface area (Å²) in [6.07, 6.45) is 3.25. The summed E-state index contributed by atoms with van der Waals surface area (Å²) in [5.74, 6) is 2.90. The minimum atomic E-state index is 0.170. The molecule has 0 aromatic heterocycles. The van der Waals surface area contributed by atoms with Gasteiger partial charge in [-0.15, -0.1) is 0 Å². The van der Waals surface area contributed by atoms with Gasteiger partial charge in [0.05, 0.1) is 28.4 Å². The Morgan fingerprint density at radius 3 is 1.73 bits per heavy atom. The van der Waals surface area contributed by atoms with E-state index in [9.17, 15) is 5.11 Å². The number of aliphatic hydroxyl groups excluding tert-OH is 1. The molecule has 0 heterocycles. The van der Waals surface area contributed by atoms with Crippen molar-refractivity contribution in [3.05, 3.63) is 47.0 Å². The van der Waals surface area contributed by atoms with Crippen molar-refractivity contribution in [3.8, 4) is 23.0 Å². The summed E-state index contributed by atoms with van der Waals surface area (Å²) >= 11 is 0. The molecule has 0 aliphatic heterocycles. The molecular weight excluding hydrogens is 332 g/mol. The van der Waals surface area contributed by atoms with Gasteiger partial charge in [-0.05, 0) is 66.6 Å². The Morgan fingerprint density at radius 2 is 1.19 bits per heavy atom. The van der Waals surface area contributed by atoms with Crippen molar-refractivity contribution in [2.75, 3.05) is 35.0 Å². The molecule has 0 saturated heterocycles. The molecule has 0 fully saturated rings. The van der Waals surface area contributed by atoms with E-state index in [0.29, 0.717) is 0 Å². The van der Waals surface area contributed by atoms with Gasteiger partial charge in [0.15, 0.2) is 23.0 Å². The second-order valence-corrected chi connectivity index (χ2v) is 5.99. The van der Waals surface area contributed by atoms with E-state index in [4.69, 9.17) is 18.9 Å². The van der Waals surface area contributed by atoms with Crippen LogP contribution in [0.1, 0.15) is 23.1 Å². The fraction of sp³-hybridized carbons (Fsp3) is 0.429. The molecule has 2 rings (SSSR count). The number of aryl methyl sites for hydroxylation is 3. The monoisotopic (exact) mass is 360 g/mol. The summed E-state index contributed by atoms with van der Waals surface area (Å²) in [4.78, 5) is 0. The third-order valence-electron chi connectivity index (χ3n) is 4.44. The standard InChI is InChI=1S/C21H28O5/c1-23-18-10-8-15(12-19(18)24-2)7-9-17-14-21(26-4)20(25-3)13-16(17)6-5-11-22/h8,10,12-14,22H,5-7,9,11H2,1-4H3. The number of hydrogen-bond acceptors (Lipinski definition) is 5. The molecule has 2 aromatic carbocycles. The molecular formula is C21H28O5. The van der Waals surface area contributed by atoms with Gasteiger partial charge in [-0.25, -0.2) is 0 Å². The van der Waals surface area contributed by atoms with Crippen molar-refractivity contribution in [2.45, 2.75) is 25.7 Å². The van der Waals surface area contributed by atoms with Gasteiger partial charge >= 0.3 is 0 Å². The number of benzene rings is 2. The summed E-state index contributed by atoms with van der Waals surface area (Å²) in [6, 6.07) is 10.0. The minimum absolute atomic E-state index is 0.170. The van der Waals surface area contributed by atoms with Crippen LogP contribution in [0.15, 0.2) is 30.3 Å². The quantitative estimate of drug-likeness (QED) is 0.703. The summed E-state index contributed by atoms with van der Waals surface area (Å²) < 4.78 is 21.5. The molecule has 5 nitrogen and oxygen atoms in total. The highest BCUT2D eigenvalue weighted by atomic mass is 16.5. The van der Waals surface area contributed by atoms with Crippen LogP contribution in [0.3, 0.4) is 0 Å². The van der Waals surface area contributed by atoms with Crippen molar-refractivity contribution in [1.82, 2.24) is 0 Å². The van der Waals surface area contributed by atoms with Gasteiger partial charge in [0, 0.05) is 6.61 Å². The maximum absolute atomic E-state index is 9.18. The second kappa shape index (κ2) is 9.92. The molecule has 26 heavy (non-hydrogen) atoms. The molecule has 0 amide bonds. The van der Waals surface area contributed by atoms with E-state index in [0.717, 1.165) is 48.7 Å². The first-order chi connectivity index (χ1) is 12.7. The lowest BCUT2D eigenvalue weighted by molar-refractivity contribution is 0.288. The average molecular weight is 360 g/mol. The van der Waals surface area contributed by atoms with Gasteiger partial charge < -0.3 is 24.1 Å². The minimum Gasteiger partial charge on any atom is -0.493 e. The Bertz CT molecular complexity index is 712. The number of aliphatic hydroxyl groups is 1. The smallest absolute Gasteiger partial charge is 0.161 e. The number of ether oxygens (including phenoxy) is 4. The van der Waals surface area contributed by atoms with Crippen molar-refractivity contribution in [2.24, 2.45) is 0 Å². The molecule has 0 atom stereocenters. The summed E-state index contributed by atoms with van der Waals surface area (Å²) in [5, 5.41) is 9.18. The van der Waals surface area contributed by atoms with Crippen LogP contribution in [-0.2, 0) is 19.3 Å². The molecule has 0 bridgehead atoms. The highest BCUT2D eigenvalue weighted by Gasteiger charge is 2.12. The first-order valence-electron chi connectivity index (χ1n) is 8.72. The Labute approximate surface area is 155 Å². The van der Waals surface area contributed by atoms with E-state index in [2.05, 4.69) is 6.07 Å². The van der Waals surface area contributed by atoms with Crippen LogP contribution >= 0.6 is 0 Å². The largest absolute Gasteiger partial charge is 0.493 e. The molecule has 5 heteroatoms. The number of rotatable bonds is 10. The Hall–Kier alpha value is -2.40. The lowest BCUT2D eigenvalue weighted by atomic mass is 9.96. The van der Waals surface area contributed by atoms with Crippen molar-refractivity contribution in [1.29, 1.82) is 0 Å². The second-order valence-electron chi connectivity index (χ2n) is 5.99. The molecule has 1 N–H and O–H groups in total. The lowest BCUT2D eigenvalue weighted by Crippen LogP contribution is -2.02. The highest BCUT2D eigenvalue weighted by molar-refractivity contribution is 5.48. The molecule has 0 aliphatic carbocycles. The van der Waals surface area contributed by atoms with Crippen LogP contribution < -0.4 is 18.9 Å². The topological polar surface area (TPSA) is 57.2 Å². The number of hydrogen-bond donors (Lipinski definition) is 1. The van der Waals surface area contributed by atoms with E-state index in [1.54, 1.807) is 28.4 Å². The van der Waals surface area contributed by atoms with E-state index < -0.39 is 0 Å². The number of methoxy groups -OCH3 is 4. The van der Waals surface area contributed by atoms with Gasteiger partial charge in [-0.2, -0.15) is 0 Å². The van der Waals surface area contributed by atoms with Crippen molar-refractivity contribution >= 4 is 0 Å². The van der Waals surface area contributed by atoms with Crippen LogP contribution in [0.5, 0.6) is 23.0 Å². The van der Waals surface area contributed by atoms with Crippen LogP contribution in [0.4, 0.5) is 0 Å². The molecule has 0 aliphatic rings. The summed E-state index contributed by atoms with van der Waals surface area (Å²) in [6.45, 7) is 0.170. The van der Waals surface area contributed by atoms with Crippen LogP contribution in [-0.4, -0.2) is 40.2 Å². The van der Waals surface area contributed by atoms with Crippen LogP contribution in [0.25, 0.3) is 0 Å². The van der Waals surface area contributed by atoms with Crippen LogP contribution in [0, 0.1) is 0 Å². The van der Waals surface area contributed by atoms with Crippen molar-refractivity contribution in [3.63, 3.8) is 0 Å². The van der Waals surface area contributed by atoms with Gasteiger partial charge in [0.2, 0.25) is 0 Å². The predicted molar refractivity (Wildman–Crippen MR) is 102 cm³/mol. The Kier molecular flexibility index (Phi) is 7.60. The maximum atomic E-state index is 9.18. The van der Waals surface area contributed by atoms with E-state index >= 15 is 0 Å². The summed E-state index contributed by atoms with van der Waals surface area (Å²) in [7, 11) is 6.55. The van der Waals surface area contributed by atoms with E-state index in [1.165, 1.54) is 16.7 Å². The molecule has 0 radical (unpaired) electrons. The molecule has 142 valence electrons. The fourth-order valence-electron chi connectivity index (χ4n) is 3.01. The fourth-order valence-corrected chi connectivity index (χ4v) is 3.01. The highest BCUT2D eigenvalue weighted by Crippen LogP contribution is 2.33. The van der Waals surface area contributed by atoms with Crippen LogP contribution in [0.2, 0.25) is 0 Å². The van der Waals surface area contributed by atoms with Gasteiger partial charge in [0.1, 0.15) is 0 Å².